The van der Waals surface area contributed by atoms with Crippen molar-refractivity contribution < 1.29 is 24.2 Å². The maximum Gasteiger partial charge on any atom is 0.338 e. The number of rotatable bonds is 6. The number of hydrogen-bond acceptors (Lipinski definition) is 6. The first-order valence-corrected chi connectivity index (χ1v) is 6.51. The lowest BCUT2D eigenvalue weighted by Gasteiger charge is -2.30. The number of ether oxygens (including phenoxy) is 1. The molecule has 0 heterocycles. The molecule has 0 spiro atoms. The first kappa shape index (κ1) is 16.4. The van der Waals surface area contributed by atoms with Crippen LogP contribution in [0.3, 0.4) is 0 Å². The van der Waals surface area contributed by atoms with Crippen molar-refractivity contribution in [1.29, 1.82) is 0 Å². The molecule has 1 fully saturated rings. The molecule has 0 radical (unpaired) electrons. The number of carbonyl (C=O) groups is 3. The quantitative estimate of drug-likeness (QED) is 0.349. The third-order valence-electron chi connectivity index (χ3n) is 3.60. The Bertz CT molecular complexity index is 393. The van der Waals surface area contributed by atoms with E-state index < -0.39 is 29.8 Å². The monoisotopic (exact) mass is 287 g/mol. The first-order valence-electron chi connectivity index (χ1n) is 6.51. The fourth-order valence-corrected chi connectivity index (χ4v) is 2.25. The Morgan fingerprint density at radius 2 is 1.75 bits per heavy atom. The zero-order valence-corrected chi connectivity index (χ0v) is 11.2. The molecule has 0 aromatic rings. The summed E-state index contributed by atoms with van der Waals surface area (Å²) in [7, 11) is 0. The van der Waals surface area contributed by atoms with Gasteiger partial charge in [-0.15, -0.1) is 0 Å². The fraction of sp³-hybridized carbons (Fsp3) is 0.750. The summed E-state index contributed by atoms with van der Waals surface area (Å²) < 4.78 is 5.12. The lowest BCUT2D eigenvalue weighted by atomic mass is 9.87. The molecule has 1 aliphatic carbocycles. The van der Waals surface area contributed by atoms with Crippen LogP contribution in [-0.2, 0) is 19.1 Å². The van der Waals surface area contributed by atoms with Crippen LogP contribution < -0.4 is 17.2 Å². The number of hydrogen-bond donors (Lipinski definition) is 4. The highest BCUT2D eigenvalue weighted by Crippen LogP contribution is 2.26. The van der Waals surface area contributed by atoms with Crippen molar-refractivity contribution in [3.05, 3.63) is 0 Å². The predicted molar refractivity (Wildman–Crippen MR) is 69.3 cm³/mol. The van der Waals surface area contributed by atoms with Gasteiger partial charge in [0.05, 0.1) is 6.42 Å². The van der Waals surface area contributed by atoms with E-state index in [1.54, 1.807) is 0 Å². The van der Waals surface area contributed by atoms with E-state index in [9.17, 15) is 14.4 Å². The summed E-state index contributed by atoms with van der Waals surface area (Å²) in [6, 6.07) is 0. The number of carboxylic acid groups (broad SMARTS) is 1. The smallest absolute Gasteiger partial charge is 0.338 e. The van der Waals surface area contributed by atoms with Crippen molar-refractivity contribution in [2.45, 2.75) is 43.7 Å². The summed E-state index contributed by atoms with van der Waals surface area (Å²) in [5, 5.41) is 9.01. The molecule has 7 N–H and O–H groups in total. The highest BCUT2D eigenvalue weighted by Gasteiger charge is 2.46. The number of amides is 1. The Labute approximate surface area is 116 Å². The highest BCUT2D eigenvalue weighted by molar-refractivity contribution is 6.07. The topological polar surface area (TPSA) is 159 Å². The Morgan fingerprint density at radius 3 is 2.15 bits per heavy atom. The van der Waals surface area contributed by atoms with E-state index in [0.717, 1.165) is 12.8 Å². The Hall–Kier alpha value is -1.67. The van der Waals surface area contributed by atoms with Crippen molar-refractivity contribution in [2.24, 2.45) is 23.1 Å². The third-order valence-corrected chi connectivity index (χ3v) is 3.60. The Balaban J connectivity index is 2.64. The molecule has 114 valence electrons. The summed E-state index contributed by atoms with van der Waals surface area (Å²) in [6.45, 7) is 0.582. The van der Waals surface area contributed by atoms with Crippen molar-refractivity contribution in [3.8, 4) is 0 Å². The lowest BCUT2D eigenvalue weighted by molar-refractivity contribution is -0.167. The zero-order valence-electron chi connectivity index (χ0n) is 11.2. The van der Waals surface area contributed by atoms with E-state index in [2.05, 4.69) is 0 Å². The van der Waals surface area contributed by atoms with Gasteiger partial charge in [-0.2, -0.15) is 0 Å². The number of carboxylic acids is 1. The third kappa shape index (κ3) is 3.91. The molecular weight excluding hydrogens is 266 g/mol. The minimum Gasteiger partial charge on any atom is -0.479 e. The summed E-state index contributed by atoms with van der Waals surface area (Å²) in [5.41, 5.74) is 13.5. The second kappa shape index (κ2) is 6.67. The summed E-state index contributed by atoms with van der Waals surface area (Å²) >= 11 is 0. The molecule has 1 saturated carbocycles. The standard InChI is InChI=1S/C12H21N3O5/c13-6-7-1-3-8(4-2-7)20-11(19)12(15,10(17)18)5-9(14)16/h7-8H,1-6,13,15H2,(H2,14,16)(H,17,18)/t7?,8?,12-/m1/s1. The average Bonchev–Trinajstić information content (AvgIpc) is 2.38. The second-order valence-corrected chi connectivity index (χ2v) is 5.20. The number of carbonyl (C=O) groups excluding carboxylic acids is 2. The van der Waals surface area contributed by atoms with E-state index >= 15 is 0 Å². The molecule has 0 saturated heterocycles. The van der Waals surface area contributed by atoms with E-state index in [1.165, 1.54) is 0 Å². The van der Waals surface area contributed by atoms with Gasteiger partial charge in [-0.3, -0.25) is 4.79 Å². The van der Waals surface area contributed by atoms with Crippen LogP contribution in [-0.4, -0.2) is 41.1 Å². The van der Waals surface area contributed by atoms with Crippen molar-refractivity contribution >= 4 is 17.8 Å². The number of primary amides is 1. The molecule has 0 bridgehead atoms. The van der Waals surface area contributed by atoms with Crippen LogP contribution in [0, 0.1) is 5.92 Å². The minimum atomic E-state index is -2.42. The van der Waals surface area contributed by atoms with E-state index in [0.29, 0.717) is 25.3 Å². The van der Waals surface area contributed by atoms with Crippen molar-refractivity contribution in [1.82, 2.24) is 0 Å². The van der Waals surface area contributed by atoms with Gasteiger partial charge in [0.2, 0.25) is 11.4 Å². The van der Waals surface area contributed by atoms with Crippen LogP contribution in [0.2, 0.25) is 0 Å². The second-order valence-electron chi connectivity index (χ2n) is 5.20. The molecule has 20 heavy (non-hydrogen) atoms. The SMILES string of the molecule is NCC1CCC(OC(=O)[C@@](N)(CC(N)=O)C(=O)O)CC1. The van der Waals surface area contributed by atoms with Gasteiger partial charge in [0.15, 0.2) is 0 Å². The highest BCUT2D eigenvalue weighted by atomic mass is 16.5. The van der Waals surface area contributed by atoms with Crippen LogP contribution in [0.25, 0.3) is 0 Å². The average molecular weight is 287 g/mol. The van der Waals surface area contributed by atoms with E-state index in [1.807, 2.05) is 0 Å². The molecule has 0 aliphatic heterocycles. The molecule has 1 amide bonds. The number of esters is 1. The zero-order chi connectivity index (χ0) is 15.3. The largest absolute Gasteiger partial charge is 0.479 e. The maximum absolute atomic E-state index is 11.9. The Kier molecular flexibility index (Phi) is 5.46. The van der Waals surface area contributed by atoms with Crippen LogP contribution in [0.15, 0.2) is 0 Å². The molecule has 0 aromatic carbocycles. The summed E-state index contributed by atoms with van der Waals surface area (Å²) in [5.74, 6) is -3.33. The van der Waals surface area contributed by atoms with Gasteiger partial charge in [-0.1, -0.05) is 0 Å². The Morgan fingerprint density at radius 1 is 1.20 bits per heavy atom. The van der Waals surface area contributed by atoms with Crippen LogP contribution in [0.4, 0.5) is 0 Å². The van der Waals surface area contributed by atoms with Crippen LogP contribution >= 0.6 is 0 Å². The van der Waals surface area contributed by atoms with E-state index in [-0.39, 0.29) is 6.10 Å². The fourth-order valence-electron chi connectivity index (χ4n) is 2.25. The van der Waals surface area contributed by atoms with Crippen LogP contribution in [0.5, 0.6) is 0 Å². The first-order chi connectivity index (χ1) is 9.29. The molecule has 0 aromatic heterocycles. The molecule has 1 aliphatic rings. The van der Waals surface area contributed by atoms with Crippen molar-refractivity contribution in [3.63, 3.8) is 0 Å². The van der Waals surface area contributed by atoms with Gasteiger partial charge >= 0.3 is 11.9 Å². The maximum atomic E-state index is 11.9. The van der Waals surface area contributed by atoms with Gasteiger partial charge in [0, 0.05) is 0 Å². The van der Waals surface area contributed by atoms with Gasteiger partial charge in [0.25, 0.3) is 0 Å². The summed E-state index contributed by atoms with van der Waals surface area (Å²) in [4.78, 5) is 33.8. The van der Waals surface area contributed by atoms with Gasteiger partial charge in [0.1, 0.15) is 6.10 Å². The number of nitrogens with two attached hydrogens (primary N) is 3. The summed E-state index contributed by atoms with van der Waals surface area (Å²) in [6.07, 6.45) is 1.67. The van der Waals surface area contributed by atoms with Gasteiger partial charge < -0.3 is 27.0 Å². The van der Waals surface area contributed by atoms with Crippen molar-refractivity contribution in [2.75, 3.05) is 6.54 Å². The van der Waals surface area contributed by atoms with Crippen LogP contribution in [0.1, 0.15) is 32.1 Å². The van der Waals surface area contributed by atoms with Gasteiger partial charge in [-0.25, -0.2) is 9.59 Å². The lowest BCUT2D eigenvalue weighted by Crippen LogP contribution is -2.58. The predicted octanol–water partition coefficient (Wildman–Crippen LogP) is -1.30. The molecule has 8 nitrogen and oxygen atoms in total. The molecular formula is C12H21N3O5. The molecule has 1 rings (SSSR count). The van der Waals surface area contributed by atoms with Gasteiger partial charge in [-0.05, 0) is 38.1 Å². The number of aliphatic carboxylic acids is 1. The molecule has 8 heteroatoms. The minimum absolute atomic E-state index is 0.388. The van der Waals surface area contributed by atoms with E-state index in [4.69, 9.17) is 27.0 Å². The molecule has 0 unspecified atom stereocenters. The molecule has 1 atom stereocenters. The normalized spacial score (nSPS) is 25.5.